The first kappa shape index (κ1) is 22.5. The van der Waals surface area contributed by atoms with E-state index >= 15 is 0 Å². The van der Waals surface area contributed by atoms with Crippen molar-refractivity contribution in [1.29, 1.82) is 0 Å². The topological polar surface area (TPSA) is 68.8 Å². The Labute approximate surface area is 230 Å². The molecule has 0 spiro atoms. The van der Waals surface area contributed by atoms with Crippen LogP contribution >= 0.6 is 0 Å². The van der Waals surface area contributed by atoms with Gasteiger partial charge in [-0.1, -0.05) is 36.4 Å². The minimum absolute atomic E-state index is 0.674. The summed E-state index contributed by atoms with van der Waals surface area (Å²) in [6, 6.07) is 29.2. The van der Waals surface area contributed by atoms with Gasteiger partial charge in [-0.15, -0.1) is 0 Å². The highest BCUT2D eigenvalue weighted by Crippen LogP contribution is 2.37. The fraction of sp³-hybridized carbons (Fsp3) is 0.0294. The van der Waals surface area contributed by atoms with Crippen LogP contribution in [0.3, 0.4) is 0 Å². The van der Waals surface area contributed by atoms with Gasteiger partial charge in [-0.3, -0.25) is 4.98 Å². The lowest BCUT2D eigenvalue weighted by molar-refractivity contribution is 0.619. The van der Waals surface area contributed by atoms with Crippen LogP contribution in [0.1, 0.15) is 5.69 Å². The second-order valence-electron chi connectivity index (χ2n) is 9.80. The lowest BCUT2D eigenvalue weighted by Crippen LogP contribution is -2.09. The molecule has 190 valence electrons. The number of hydrogen-bond acceptors (Lipinski definition) is 5. The molecule has 0 saturated carbocycles. The first-order chi connectivity index (χ1) is 19.8. The summed E-state index contributed by atoms with van der Waals surface area (Å²) >= 11 is 0. The number of nitrogens with one attached hydrogen (secondary N) is 1. The van der Waals surface area contributed by atoms with Gasteiger partial charge in [0.05, 0.1) is 34.1 Å². The van der Waals surface area contributed by atoms with Crippen LogP contribution in [0.25, 0.3) is 66.7 Å². The summed E-state index contributed by atoms with van der Waals surface area (Å²) in [4.78, 5) is 14.2. The predicted octanol–water partition coefficient (Wildman–Crippen LogP) is 7.55. The molecule has 0 unspecified atom stereocenters. The van der Waals surface area contributed by atoms with Crippen LogP contribution in [0, 0.1) is 0 Å². The third kappa shape index (κ3) is 3.61. The number of allylic oxidation sites excluding steroid dienone is 2. The van der Waals surface area contributed by atoms with E-state index in [-0.39, 0.29) is 0 Å². The van der Waals surface area contributed by atoms with Gasteiger partial charge in [0.15, 0.2) is 5.82 Å². The highest BCUT2D eigenvalue weighted by Gasteiger charge is 2.17. The zero-order valence-electron chi connectivity index (χ0n) is 21.5. The Bertz CT molecular complexity index is 2120. The summed E-state index contributed by atoms with van der Waals surface area (Å²) in [5.74, 6) is 0.674. The maximum Gasteiger partial charge on any atom is 0.160 e. The molecule has 0 aliphatic carbocycles. The van der Waals surface area contributed by atoms with E-state index < -0.39 is 0 Å². The number of aromatic nitrogens is 4. The second kappa shape index (κ2) is 9.06. The number of nitrogens with zero attached hydrogens (tertiary/aromatic N) is 4. The number of dihydropyridines is 1. The number of benzene rings is 3. The van der Waals surface area contributed by atoms with Gasteiger partial charge in [0, 0.05) is 46.5 Å². The summed E-state index contributed by atoms with van der Waals surface area (Å²) in [7, 11) is 0. The Balaban J connectivity index is 1.34. The second-order valence-corrected chi connectivity index (χ2v) is 9.80. The van der Waals surface area contributed by atoms with Crippen LogP contribution in [0.4, 0.5) is 0 Å². The van der Waals surface area contributed by atoms with Crippen molar-refractivity contribution in [2.75, 3.05) is 6.54 Å². The third-order valence-electron chi connectivity index (χ3n) is 7.44. The monoisotopic (exact) mass is 517 g/mol. The molecule has 3 aromatic carbocycles. The van der Waals surface area contributed by atoms with Gasteiger partial charge in [-0.05, 0) is 72.4 Å². The number of furan rings is 1. The average Bonchev–Trinajstić information content (AvgIpc) is 3.64. The maximum atomic E-state index is 5.95. The minimum Gasteiger partial charge on any atom is -0.464 e. The van der Waals surface area contributed by atoms with Gasteiger partial charge in [0.2, 0.25) is 0 Å². The van der Waals surface area contributed by atoms with Crippen molar-refractivity contribution in [3.63, 3.8) is 0 Å². The van der Waals surface area contributed by atoms with Crippen molar-refractivity contribution in [3.8, 4) is 28.3 Å². The summed E-state index contributed by atoms with van der Waals surface area (Å²) in [5.41, 5.74) is 8.92. The van der Waals surface area contributed by atoms with Crippen molar-refractivity contribution in [1.82, 2.24) is 24.8 Å². The van der Waals surface area contributed by atoms with Gasteiger partial charge in [-0.25, -0.2) is 9.97 Å². The van der Waals surface area contributed by atoms with Gasteiger partial charge in [0.25, 0.3) is 0 Å². The molecular formula is C34H23N5O. The fourth-order valence-corrected chi connectivity index (χ4v) is 5.58. The SMILES string of the molecule is C1=CC(c2cc(-c3ccncc3)nc(-c3cccc(-n4c5ccccc5c5c6occc6ccc54)c3)n2)=CCN1. The minimum atomic E-state index is 0.674. The van der Waals surface area contributed by atoms with Crippen molar-refractivity contribution in [2.45, 2.75) is 0 Å². The normalized spacial score (nSPS) is 13.2. The highest BCUT2D eigenvalue weighted by atomic mass is 16.3. The molecule has 0 radical (unpaired) electrons. The highest BCUT2D eigenvalue weighted by molar-refractivity contribution is 6.19. The van der Waals surface area contributed by atoms with E-state index in [2.05, 4.69) is 87.7 Å². The number of para-hydroxylation sites is 1. The lowest BCUT2D eigenvalue weighted by atomic mass is 10.1. The average molecular weight is 518 g/mol. The Morgan fingerprint density at radius 3 is 2.58 bits per heavy atom. The summed E-state index contributed by atoms with van der Waals surface area (Å²) in [6.07, 6.45) is 11.5. The quantitative estimate of drug-likeness (QED) is 0.261. The predicted molar refractivity (Wildman–Crippen MR) is 160 cm³/mol. The van der Waals surface area contributed by atoms with Crippen LogP contribution < -0.4 is 5.32 Å². The molecule has 0 fully saturated rings. The molecule has 0 bridgehead atoms. The van der Waals surface area contributed by atoms with E-state index in [4.69, 9.17) is 14.4 Å². The molecule has 7 aromatic rings. The summed E-state index contributed by atoms with van der Waals surface area (Å²) in [5, 5.41) is 6.59. The molecule has 8 rings (SSSR count). The molecule has 6 heteroatoms. The van der Waals surface area contributed by atoms with Crippen LogP contribution in [-0.2, 0) is 0 Å². The molecular weight excluding hydrogens is 494 g/mol. The number of pyridine rings is 1. The molecule has 4 aromatic heterocycles. The van der Waals surface area contributed by atoms with Gasteiger partial charge in [-0.2, -0.15) is 0 Å². The van der Waals surface area contributed by atoms with E-state index in [1.807, 2.05) is 30.5 Å². The van der Waals surface area contributed by atoms with Crippen molar-refractivity contribution in [3.05, 3.63) is 128 Å². The molecule has 6 nitrogen and oxygen atoms in total. The van der Waals surface area contributed by atoms with E-state index in [0.29, 0.717) is 5.82 Å². The zero-order valence-corrected chi connectivity index (χ0v) is 21.5. The summed E-state index contributed by atoms with van der Waals surface area (Å²) in [6.45, 7) is 0.766. The fourth-order valence-electron chi connectivity index (χ4n) is 5.58. The lowest BCUT2D eigenvalue weighted by Gasteiger charge is -2.13. The van der Waals surface area contributed by atoms with Crippen molar-refractivity contribution >= 4 is 38.3 Å². The maximum absolute atomic E-state index is 5.95. The summed E-state index contributed by atoms with van der Waals surface area (Å²) < 4.78 is 8.25. The van der Waals surface area contributed by atoms with E-state index in [9.17, 15) is 0 Å². The zero-order chi connectivity index (χ0) is 26.5. The van der Waals surface area contributed by atoms with Gasteiger partial charge >= 0.3 is 0 Å². The molecule has 1 N–H and O–H groups in total. The smallest absolute Gasteiger partial charge is 0.160 e. The van der Waals surface area contributed by atoms with Crippen molar-refractivity contribution < 1.29 is 4.42 Å². The van der Waals surface area contributed by atoms with Crippen LogP contribution in [0.5, 0.6) is 0 Å². The third-order valence-corrected chi connectivity index (χ3v) is 7.44. The molecule has 5 heterocycles. The molecule has 40 heavy (non-hydrogen) atoms. The van der Waals surface area contributed by atoms with E-state index in [0.717, 1.165) is 73.1 Å². The van der Waals surface area contributed by atoms with Gasteiger partial charge < -0.3 is 14.3 Å². The Kier molecular flexibility index (Phi) is 5.10. The van der Waals surface area contributed by atoms with Crippen LogP contribution in [-0.4, -0.2) is 26.1 Å². The Morgan fingerprint density at radius 2 is 1.68 bits per heavy atom. The first-order valence-corrected chi connectivity index (χ1v) is 13.2. The number of fused-ring (bicyclic) bond motifs is 5. The number of hydrogen-bond donors (Lipinski definition) is 1. The van der Waals surface area contributed by atoms with E-state index in [1.54, 1.807) is 18.7 Å². The molecule has 1 aliphatic heterocycles. The van der Waals surface area contributed by atoms with Gasteiger partial charge in [0.1, 0.15) is 5.58 Å². The van der Waals surface area contributed by atoms with Crippen LogP contribution in [0.15, 0.2) is 126 Å². The molecule has 1 aliphatic rings. The molecule has 0 saturated heterocycles. The van der Waals surface area contributed by atoms with E-state index in [1.165, 1.54) is 0 Å². The van der Waals surface area contributed by atoms with Crippen LogP contribution in [0.2, 0.25) is 0 Å². The molecule has 0 amide bonds. The largest absolute Gasteiger partial charge is 0.464 e. The standard InChI is InChI=1S/C34H23N5O/c1-2-7-30-27(6-1)32-31(9-8-24-14-19-40-33(24)32)39(30)26-5-3-4-25(20-26)34-37-28(22-10-15-35-16-11-22)21-29(38-34)23-12-17-36-18-13-23/h1-17,19-21,36H,18H2. The Morgan fingerprint density at radius 1 is 0.775 bits per heavy atom. The van der Waals surface area contributed by atoms with Crippen molar-refractivity contribution in [2.24, 2.45) is 0 Å². The molecule has 0 atom stereocenters. The first-order valence-electron chi connectivity index (χ1n) is 13.2. The Hall–Kier alpha value is -5.49. The number of rotatable bonds is 4.